The van der Waals surface area contributed by atoms with Gasteiger partial charge < -0.3 is 9.30 Å². The minimum absolute atomic E-state index is 0.0248. The largest absolute Gasteiger partial charge is 0.379 e. The van der Waals surface area contributed by atoms with Crippen LogP contribution in [0, 0.1) is 21.4 Å². The number of nitro benzene ring substituents is 1. The molecule has 4 aromatic rings. The molecule has 0 saturated carbocycles. The third-order valence-electron chi connectivity index (χ3n) is 5.42. The lowest BCUT2D eigenvalue weighted by atomic mass is 10.2. The molecule has 0 aliphatic heterocycles. The van der Waals surface area contributed by atoms with Gasteiger partial charge in [0, 0.05) is 37.0 Å². The Kier molecular flexibility index (Phi) is 6.98. The Morgan fingerprint density at radius 2 is 2.00 bits per heavy atom. The van der Waals surface area contributed by atoms with Gasteiger partial charge in [-0.3, -0.25) is 24.1 Å². The van der Waals surface area contributed by atoms with Gasteiger partial charge in [0.15, 0.2) is 5.49 Å². The van der Waals surface area contributed by atoms with E-state index in [-0.39, 0.29) is 51.5 Å². The van der Waals surface area contributed by atoms with Crippen molar-refractivity contribution >= 4 is 28.3 Å². The van der Waals surface area contributed by atoms with Gasteiger partial charge in [0.25, 0.3) is 17.2 Å². The van der Waals surface area contributed by atoms with Crippen LogP contribution in [0.15, 0.2) is 64.5 Å². The van der Waals surface area contributed by atoms with Crippen molar-refractivity contribution in [2.75, 3.05) is 6.61 Å². The van der Waals surface area contributed by atoms with Crippen LogP contribution < -0.4 is 11.0 Å². The molecule has 3 aromatic heterocycles. The van der Waals surface area contributed by atoms with E-state index >= 15 is 0 Å². The van der Waals surface area contributed by atoms with Crippen molar-refractivity contribution in [2.45, 2.75) is 32.9 Å². The maximum absolute atomic E-state index is 13.2. The molecule has 4 rings (SSSR count). The fraction of sp³-hybridized carbons (Fsp3) is 0.240. The van der Waals surface area contributed by atoms with Crippen LogP contribution in [0.3, 0.4) is 0 Å². The van der Waals surface area contributed by atoms with Crippen molar-refractivity contribution in [1.82, 2.24) is 14.0 Å². The Balaban J connectivity index is 1.93. The van der Waals surface area contributed by atoms with Gasteiger partial charge in [0.1, 0.15) is 17.4 Å². The quantitative estimate of drug-likeness (QED) is 0.169. The topological polar surface area (TPSA) is 145 Å². The number of benzene rings is 1. The minimum atomic E-state index is -0.689. The van der Waals surface area contributed by atoms with Gasteiger partial charge in [0.2, 0.25) is 0 Å². The monoisotopic (exact) mass is 486 g/mol. The summed E-state index contributed by atoms with van der Waals surface area (Å²) in [5.74, 6) is -0.689. The molecule has 0 aliphatic rings. The lowest BCUT2D eigenvalue weighted by Crippen LogP contribution is -2.30. The average molecular weight is 486 g/mol. The van der Waals surface area contributed by atoms with Gasteiger partial charge in [0.05, 0.1) is 22.0 Å². The molecule has 0 spiro atoms. The van der Waals surface area contributed by atoms with E-state index in [0.29, 0.717) is 18.7 Å². The zero-order chi connectivity index (χ0) is 25.8. The molecule has 0 fully saturated rings. The lowest BCUT2D eigenvalue weighted by Gasteiger charge is -2.14. The van der Waals surface area contributed by atoms with Crippen molar-refractivity contribution in [2.24, 2.45) is 4.99 Å². The normalized spacial score (nSPS) is 11.8. The number of fused-ring (bicyclic) bond motifs is 2. The predicted molar refractivity (Wildman–Crippen MR) is 130 cm³/mol. The predicted octanol–water partition coefficient (Wildman–Crippen LogP) is 2.99. The number of nitrogens with zero attached hydrogens (tertiary/aromatic N) is 6. The molecule has 0 radical (unpaired) electrons. The van der Waals surface area contributed by atoms with Crippen molar-refractivity contribution in [3.8, 4) is 6.07 Å². The van der Waals surface area contributed by atoms with Crippen molar-refractivity contribution in [1.29, 1.82) is 5.26 Å². The van der Waals surface area contributed by atoms with Gasteiger partial charge in [-0.05, 0) is 50.6 Å². The lowest BCUT2D eigenvalue weighted by molar-refractivity contribution is -0.384. The van der Waals surface area contributed by atoms with Crippen LogP contribution in [0.2, 0.25) is 0 Å². The first-order valence-electron chi connectivity index (χ1n) is 11.2. The molecule has 0 bridgehead atoms. The minimum Gasteiger partial charge on any atom is -0.379 e. The molecule has 0 atom stereocenters. The summed E-state index contributed by atoms with van der Waals surface area (Å²) in [6.45, 7) is 4.51. The van der Waals surface area contributed by atoms with Crippen LogP contribution >= 0.6 is 0 Å². The fourth-order valence-electron chi connectivity index (χ4n) is 3.72. The molecule has 11 nitrogen and oxygen atoms in total. The van der Waals surface area contributed by atoms with E-state index in [1.165, 1.54) is 34.7 Å². The summed E-state index contributed by atoms with van der Waals surface area (Å²) in [7, 11) is 0. The number of hydrogen-bond acceptors (Lipinski definition) is 7. The third kappa shape index (κ3) is 4.89. The van der Waals surface area contributed by atoms with Gasteiger partial charge >= 0.3 is 0 Å². The van der Waals surface area contributed by atoms with E-state index in [0.717, 1.165) is 0 Å². The number of aryl methyl sites for hydroxylation is 1. The van der Waals surface area contributed by atoms with E-state index in [1.807, 2.05) is 19.9 Å². The molecular formula is C25H22N6O5. The number of non-ortho nitro benzene ring substituents is 1. The smallest absolute Gasteiger partial charge is 0.279 e. The third-order valence-corrected chi connectivity index (χ3v) is 5.42. The average Bonchev–Trinajstić information content (AvgIpc) is 2.87. The van der Waals surface area contributed by atoms with Crippen molar-refractivity contribution in [3.05, 3.63) is 91.8 Å². The van der Waals surface area contributed by atoms with Crippen LogP contribution in [0.25, 0.3) is 16.7 Å². The molecule has 0 saturated heterocycles. The maximum atomic E-state index is 13.2. The number of aromatic nitrogens is 3. The van der Waals surface area contributed by atoms with Crippen LogP contribution in [0.4, 0.5) is 5.69 Å². The highest BCUT2D eigenvalue weighted by atomic mass is 16.6. The zero-order valence-electron chi connectivity index (χ0n) is 19.6. The Labute approximate surface area is 204 Å². The number of carbonyl (C=O) groups is 1. The maximum Gasteiger partial charge on any atom is 0.279 e. The molecule has 36 heavy (non-hydrogen) atoms. The van der Waals surface area contributed by atoms with Crippen LogP contribution in [-0.4, -0.2) is 37.5 Å². The number of hydrogen-bond donors (Lipinski definition) is 0. The summed E-state index contributed by atoms with van der Waals surface area (Å²) in [5, 5.41) is 21.0. The van der Waals surface area contributed by atoms with Gasteiger partial charge in [-0.15, -0.1) is 0 Å². The number of ether oxygens (including phenoxy) is 1. The molecular weight excluding hydrogens is 464 g/mol. The highest BCUT2D eigenvalue weighted by Gasteiger charge is 2.16. The van der Waals surface area contributed by atoms with Gasteiger partial charge in [-0.25, -0.2) is 4.98 Å². The molecule has 1 amide bonds. The summed E-state index contributed by atoms with van der Waals surface area (Å²) in [6, 6.07) is 13.6. The SMILES string of the molecule is CC(C)OCCCn1c(=NC(=O)c2ccc([N+](=O)[O-])cc2)c(C#N)cc2c(=O)n3ccccc3nc21. The molecule has 182 valence electrons. The van der Waals surface area contributed by atoms with E-state index in [1.54, 1.807) is 29.0 Å². The number of rotatable bonds is 7. The van der Waals surface area contributed by atoms with E-state index in [9.17, 15) is 25.0 Å². The number of pyridine rings is 2. The van der Waals surface area contributed by atoms with E-state index < -0.39 is 10.8 Å². The highest BCUT2D eigenvalue weighted by Crippen LogP contribution is 2.14. The Hall–Kier alpha value is -4.69. The van der Waals surface area contributed by atoms with E-state index in [4.69, 9.17) is 4.74 Å². The van der Waals surface area contributed by atoms with Crippen LogP contribution in [-0.2, 0) is 11.3 Å². The first-order chi connectivity index (χ1) is 17.3. The van der Waals surface area contributed by atoms with E-state index in [2.05, 4.69) is 9.98 Å². The summed E-state index contributed by atoms with van der Waals surface area (Å²) in [6.07, 6.45) is 2.13. The second-order valence-electron chi connectivity index (χ2n) is 8.22. The molecule has 0 N–H and O–H groups in total. The summed E-state index contributed by atoms with van der Waals surface area (Å²) < 4.78 is 8.59. The van der Waals surface area contributed by atoms with Crippen LogP contribution in [0.1, 0.15) is 36.2 Å². The first-order valence-corrected chi connectivity index (χ1v) is 11.2. The summed E-state index contributed by atoms with van der Waals surface area (Å²) in [5.41, 5.74) is 0.358. The highest BCUT2D eigenvalue weighted by molar-refractivity contribution is 5.95. The molecule has 1 aromatic carbocycles. The standard InChI is InChI=1S/C25H22N6O5/c1-16(2)36-13-5-12-30-22(28-24(32)17-7-9-19(10-8-17)31(34)35)18(15-26)14-20-23(30)27-21-6-3-4-11-29(21)25(20)33/h3-4,6-11,14,16H,5,12-13H2,1-2H3. The van der Waals surface area contributed by atoms with Crippen molar-refractivity contribution < 1.29 is 14.5 Å². The summed E-state index contributed by atoms with van der Waals surface area (Å²) in [4.78, 5) is 45.4. The first kappa shape index (κ1) is 24.4. The number of nitriles is 1. The fourth-order valence-corrected chi connectivity index (χ4v) is 3.72. The van der Waals surface area contributed by atoms with Crippen molar-refractivity contribution in [3.63, 3.8) is 0 Å². The molecule has 3 heterocycles. The molecule has 0 aliphatic carbocycles. The van der Waals surface area contributed by atoms with Crippen LogP contribution in [0.5, 0.6) is 0 Å². The number of amides is 1. The van der Waals surface area contributed by atoms with Gasteiger partial charge in [-0.2, -0.15) is 10.3 Å². The molecule has 0 unspecified atom stereocenters. The second-order valence-corrected chi connectivity index (χ2v) is 8.22. The number of carbonyl (C=O) groups excluding carboxylic acids is 1. The number of nitro groups is 1. The molecule has 11 heteroatoms. The Morgan fingerprint density at radius 3 is 2.67 bits per heavy atom. The Bertz CT molecular complexity index is 1640. The second kappa shape index (κ2) is 10.3. The summed E-state index contributed by atoms with van der Waals surface area (Å²) >= 11 is 0. The van der Waals surface area contributed by atoms with Gasteiger partial charge in [-0.1, -0.05) is 6.07 Å². The Morgan fingerprint density at radius 1 is 1.25 bits per heavy atom. The zero-order valence-corrected chi connectivity index (χ0v) is 19.6.